The highest BCUT2D eigenvalue weighted by atomic mass is 19.1. The number of nitrogens with zero attached hydrogens (tertiary/aromatic N) is 1. The molecule has 0 fully saturated rings. The third-order valence-electron chi connectivity index (χ3n) is 5.18. The number of hydrogen-bond acceptors (Lipinski definition) is 5. The van der Waals surface area contributed by atoms with Crippen molar-refractivity contribution in [3.63, 3.8) is 0 Å². The molecular formula is C26H28FN3O5. The lowest BCUT2D eigenvalue weighted by molar-refractivity contribution is 0.0952. The number of benzene rings is 3. The second-order valence-corrected chi connectivity index (χ2v) is 7.45. The van der Waals surface area contributed by atoms with Crippen LogP contribution in [0.4, 0.5) is 20.6 Å². The molecule has 3 amide bonds. The zero-order valence-corrected chi connectivity index (χ0v) is 19.8. The van der Waals surface area contributed by atoms with E-state index >= 15 is 0 Å². The lowest BCUT2D eigenvalue weighted by atomic mass is 10.1. The molecule has 0 aliphatic carbocycles. The maximum atomic E-state index is 13.4. The molecule has 0 saturated heterocycles. The molecule has 184 valence electrons. The van der Waals surface area contributed by atoms with E-state index in [0.717, 1.165) is 0 Å². The second kappa shape index (κ2) is 12.3. The van der Waals surface area contributed by atoms with Crippen molar-refractivity contribution in [1.29, 1.82) is 0 Å². The van der Waals surface area contributed by atoms with Crippen molar-refractivity contribution in [2.24, 2.45) is 0 Å². The van der Waals surface area contributed by atoms with E-state index in [2.05, 4.69) is 10.6 Å². The smallest absolute Gasteiger partial charge is 0.326 e. The van der Waals surface area contributed by atoms with Gasteiger partial charge in [0.2, 0.25) is 5.75 Å². The molecule has 0 bridgehead atoms. The van der Waals surface area contributed by atoms with Crippen molar-refractivity contribution in [3.05, 3.63) is 78.1 Å². The van der Waals surface area contributed by atoms with Gasteiger partial charge in [-0.2, -0.15) is 0 Å². The minimum absolute atomic E-state index is 0.292. The van der Waals surface area contributed by atoms with E-state index in [-0.39, 0.29) is 11.9 Å². The normalized spacial score (nSPS) is 10.3. The van der Waals surface area contributed by atoms with Crippen LogP contribution in [-0.2, 0) is 0 Å². The van der Waals surface area contributed by atoms with E-state index < -0.39 is 5.82 Å². The molecule has 35 heavy (non-hydrogen) atoms. The van der Waals surface area contributed by atoms with Crippen LogP contribution in [0.1, 0.15) is 16.8 Å². The average molecular weight is 482 g/mol. The highest BCUT2D eigenvalue weighted by Gasteiger charge is 2.18. The minimum atomic E-state index is -0.394. The first-order valence-corrected chi connectivity index (χ1v) is 10.9. The van der Waals surface area contributed by atoms with E-state index in [9.17, 15) is 14.0 Å². The van der Waals surface area contributed by atoms with Gasteiger partial charge in [0.05, 0.1) is 21.3 Å². The molecule has 0 saturated carbocycles. The van der Waals surface area contributed by atoms with Crippen molar-refractivity contribution in [2.75, 3.05) is 44.6 Å². The van der Waals surface area contributed by atoms with E-state index in [0.29, 0.717) is 53.7 Å². The molecule has 2 N–H and O–H groups in total. The van der Waals surface area contributed by atoms with Crippen LogP contribution in [0.15, 0.2) is 66.7 Å². The molecule has 3 aromatic rings. The molecule has 0 aromatic heterocycles. The summed E-state index contributed by atoms with van der Waals surface area (Å²) in [5.41, 5.74) is 1.52. The molecule has 9 heteroatoms. The zero-order chi connectivity index (χ0) is 25.2. The lowest BCUT2D eigenvalue weighted by Gasteiger charge is -2.23. The largest absolute Gasteiger partial charge is 0.493 e. The van der Waals surface area contributed by atoms with Crippen molar-refractivity contribution in [2.45, 2.75) is 6.42 Å². The van der Waals surface area contributed by atoms with Gasteiger partial charge in [0.1, 0.15) is 5.82 Å². The average Bonchev–Trinajstić information content (AvgIpc) is 2.88. The van der Waals surface area contributed by atoms with Gasteiger partial charge in [0, 0.05) is 30.0 Å². The van der Waals surface area contributed by atoms with Gasteiger partial charge in [-0.3, -0.25) is 9.69 Å². The molecule has 0 aliphatic heterocycles. The van der Waals surface area contributed by atoms with Crippen LogP contribution in [-0.4, -0.2) is 46.4 Å². The highest BCUT2D eigenvalue weighted by Crippen LogP contribution is 2.38. The Balaban J connectivity index is 1.65. The molecular weight excluding hydrogens is 453 g/mol. The van der Waals surface area contributed by atoms with E-state index in [1.807, 2.05) is 18.2 Å². The molecule has 0 atom stereocenters. The third-order valence-corrected chi connectivity index (χ3v) is 5.18. The molecule has 3 aromatic carbocycles. The summed E-state index contributed by atoms with van der Waals surface area (Å²) < 4.78 is 29.3. The Morgan fingerprint density at radius 1 is 0.886 bits per heavy atom. The van der Waals surface area contributed by atoms with Crippen LogP contribution >= 0.6 is 0 Å². The molecule has 8 nitrogen and oxygen atoms in total. The highest BCUT2D eigenvalue weighted by molar-refractivity contribution is 6.01. The number of urea groups is 1. The third kappa shape index (κ3) is 6.63. The standard InChI is InChI=1S/C26H28FN3O5/c1-33-22-16-18(17-23(34-2)24(22)35-3)25(31)28-14-7-15-30(21-12-10-19(27)11-13-21)26(32)29-20-8-5-4-6-9-20/h4-6,8-13,16-17H,7,14-15H2,1-3H3,(H,28,31)(H,29,32). The molecule has 0 radical (unpaired) electrons. The van der Waals surface area contributed by atoms with E-state index in [1.165, 1.54) is 50.5 Å². The number of hydrogen-bond donors (Lipinski definition) is 2. The molecule has 0 heterocycles. The molecule has 0 aliphatic rings. The number of nitrogens with one attached hydrogen (secondary N) is 2. The zero-order valence-electron chi connectivity index (χ0n) is 19.8. The van der Waals surface area contributed by atoms with E-state index in [1.54, 1.807) is 24.3 Å². The molecule has 0 spiro atoms. The van der Waals surface area contributed by atoms with Crippen molar-refractivity contribution < 1.29 is 28.2 Å². The van der Waals surface area contributed by atoms with Gasteiger partial charge in [-0.05, 0) is 55.0 Å². The molecule has 0 unspecified atom stereocenters. The van der Waals surface area contributed by atoms with Crippen LogP contribution in [0.5, 0.6) is 17.2 Å². The van der Waals surface area contributed by atoms with Gasteiger partial charge in [-0.25, -0.2) is 9.18 Å². The number of para-hydroxylation sites is 1. The van der Waals surface area contributed by atoms with Gasteiger partial charge >= 0.3 is 6.03 Å². The Kier molecular flexibility index (Phi) is 8.89. The van der Waals surface area contributed by atoms with Crippen LogP contribution in [0.2, 0.25) is 0 Å². The van der Waals surface area contributed by atoms with E-state index in [4.69, 9.17) is 14.2 Å². The summed E-state index contributed by atoms with van der Waals surface area (Å²) in [4.78, 5) is 27.2. The van der Waals surface area contributed by atoms with Gasteiger partial charge in [0.25, 0.3) is 5.91 Å². The summed E-state index contributed by atoms with van der Waals surface area (Å²) in [5, 5.41) is 5.67. The fourth-order valence-corrected chi connectivity index (χ4v) is 3.43. The summed E-state index contributed by atoms with van der Waals surface area (Å²) in [7, 11) is 4.44. The Morgan fingerprint density at radius 3 is 2.09 bits per heavy atom. The Morgan fingerprint density at radius 2 is 1.51 bits per heavy atom. The summed E-state index contributed by atoms with van der Waals surface area (Å²) in [6, 6.07) is 17.5. The monoisotopic (exact) mass is 481 g/mol. The summed E-state index contributed by atoms with van der Waals surface area (Å²) >= 11 is 0. The Bertz CT molecular complexity index is 1110. The fourth-order valence-electron chi connectivity index (χ4n) is 3.43. The van der Waals surface area contributed by atoms with Crippen molar-refractivity contribution >= 4 is 23.3 Å². The maximum absolute atomic E-state index is 13.4. The fraction of sp³-hybridized carbons (Fsp3) is 0.231. The first kappa shape index (κ1) is 25.4. The number of anilines is 2. The lowest BCUT2D eigenvalue weighted by Crippen LogP contribution is -2.37. The van der Waals surface area contributed by atoms with Gasteiger partial charge in [0.15, 0.2) is 11.5 Å². The summed E-state index contributed by atoms with van der Waals surface area (Å²) in [6.45, 7) is 0.589. The predicted octanol–water partition coefficient (Wildman–Crippen LogP) is 4.71. The number of rotatable bonds is 10. The van der Waals surface area contributed by atoms with Crippen LogP contribution in [0, 0.1) is 5.82 Å². The first-order chi connectivity index (χ1) is 17.0. The minimum Gasteiger partial charge on any atom is -0.493 e. The SMILES string of the molecule is COc1cc(C(=O)NCCCN(C(=O)Nc2ccccc2)c2ccc(F)cc2)cc(OC)c1OC. The van der Waals surface area contributed by atoms with Crippen LogP contribution in [0.3, 0.4) is 0 Å². The topological polar surface area (TPSA) is 89.1 Å². The summed E-state index contributed by atoms with van der Waals surface area (Å²) in [5.74, 6) is 0.418. The number of ether oxygens (including phenoxy) is 3. The number of carbonyl (C=O) groups excluding carboxylic acids is 2. The Labute approximate surface area is 203 Å². The van der Waals surface area contributed by atoms with Gasteiger partial charge in [-0.1, -0.05) is 18.2 Å². The van der Waals surface area contributed by atoms with Crippen LogP contribution < -0.4 is 29.7 Å². The number of amides is 3. The number of halogens is 1. The number of methoxy groups -OCH3 is 3. The maximum Gasteiger partial charge on any atom is 0.326 e. The Hall–Kier alpha value is -4.27. The van der Waals surface area contributed by atoms with Gasteiger partial charge < -0.3 is 24.8 Å². The second-order valence-electron chi connectivity index (χ2n) is 7.45. The van der Waals surface area contributed by atoms with Gasteiger partial charge in [-0.15, -0.1) is 0 Å². The predicted molar refractivity (Wildman–Crippen MR) is 132 cm³/mol. The quantitative estimate of drug-likeness (QED) is 0.410. The molecule has 3 rings (SSSR count). The van der Waals surface area contributed by atoms with Crippen molar-refractivity contribution in [1.82, 2.24) is 5.32 Å². The number of carbonyl (C=O) groups is 2. The summed E-state index contributed by atoms with van der Waals surface area (Å²) in [6.07, 6.45) is 0.454. The van der Waals surface area contributed by atoms with Crippen LogP contribution in [0.25, 0.3) is 0 Å². The van der Waals surface area contributed by atoms with Crippen molar-refractivity contribution in [3.8, 4) is 17.2 Å². The first-order valence-electron chi connectivity index (χ1n) is 10.9.